The summed E-state index contributed by atoms with van der Waals surface area (Å²) in [6, 6.07) is 23.5. The molecule has 0 radical (unpaired) electrons. The Morgan fingerprint density at radius 1 is 1.00 bits per heavy atom. The van der Waals surface area contributed by atoms with Crippen molar-refractivity contribution < 1.29 is 14.4 Å². The van der Waals surface area contributed by atoms with E-state index in [-0.39, 0.29) is 24.9 Å². The summed E-state index contributed by atoms with van der Waals surface area (Å²) >= 11 is 0. The fourth-order valence-electron chi connectivity index (χ4n) is 3.77. The van der Waals surface area contributed by atoms with E-state index < -0.39 is 12.2 Å². The molecule has 4 amide bonds. The number of benzodiazepines with no additional fused rings is 1. The summed E-state index contributed by atoms with van der Waals surface area (Å²) in [6.45, 7) is 0.182. The van der Waals surface area contributed by atoms with E-state index in [9.17, 15) is 14.4 Å². The highest BCUT2D eigenvalue weighted by atomic mass is 16.2. The molecule has 3 aromatic rings. The fourth-order valence-corrected chi connectivity index (χ4v) is 3.77. The summed E-state index contributed by atoms with van der Waals surface area (Å²) in [6.07, 6.45) is -1.13. The molecule has 35 heavy (non-hydrogen) atoms. The molecule has 1 heterocycles. The number of para-hydroxylation sites is 1. The van der Waals surface area contributed by atoms with Crippen molar-refractivity contribution in [2.75, 3.05) is 23.8 Å². The average Bonchev–Trinajstić information content (AvgIpc) is 2.98. The van der Waals surface area contributed by atoms with Crippen LogP contribution in [0.2, 0.25) is 0 Å². The van der Waals surface area contributed by atoms with Gasteiger partial charge in [0.25, 0.3) is 5.91 Å². The zero-order valence-corrected chi connectivity index (χ0v) is 19.2. The number of nitrogens with two attached hydrogens (primary N) is 1. The van der Waals surface area contributed by atoms with Gasteiger partial charge in [0.1, 0.15) is 0 Å². The molecule has 1 aliphatic rings. The number of nitrogens with zero attached hydrogens (tertiary/aromatic N) is 2. The van der Waals surface area contributed by atoms with Gasteiger partial charge in [-0.05, 0) is 23.8 Å². The van der Waals surface area contributed by atoms with Crippen molar-refractivity contribution in [2.45, 2.75) is 12.7 Å². The summed E-state index contributed by atoms with van der Waals surface area (Å²) in [7, 11) is 1.66. The second kappa shape index (κ2) is 10.6. The van der Waals surface area contributed by atoms with Crippen LogP contribution < -0.4 is 26.6 Å². The Kier molecular flexibility index (Phi) is 7.18. The first-order chi connectivity index (χ1) is 17.0. The van der Waals surface area contributed by atoms with Crippen molar-refractivity contribution in [1.29, 1.82) is 0 Å². The highest BCUT2D eigenvalue weighted by molar-refractivity contribution is 6.20. The second-order valence-corrected chi connectivity index (χ2v) is 7.94. The van der Waals surface area contributed by atoms with Gasteiger partial charge in [-0.2, -0.15) is 0 Å². The van der Waals surface area contributed by atoms with E-state index in [0.717, 1.165) is 16.7 Å². The van der Waals surface area contributed by atoms with Crippen LogP contribution in [0.3, 0.4) is 0 Å². The Morgan fingerprint density at radius 3 is 2.51 bits per heavy atom. The van der Waals surface area contributed by atoms with Crippen LogP contribution >= 0.6 is 0 Å². The standard InChI is InChI=1S/C26H26N6O3/c1-32-21-13-6-5-12-20(21)23(18-9-3-2-4-10-18)30-24(25(32)34)31-26(35)29-19-11-7-8-17(14-19)16-28-22(33)15-27/h2-14,24H,15-16,27H2,1H3,(H,28,33)(H2,29,31,35)/t24-/m0/s1. The van der Waals surface area contributed by atoms with Crippen molar-refractivity contribution in [1.82, 2.24) is 10.6 Å². The molecule has 1 atom stereocenters. The third-order valence-corrected chi connectivity index (χ3v) is 5.52. The van der Waals surface area contributed by atoms with Crippen LogP contribution in [0.4, 0.5) is 16.2 Å². The lowest BCUT2D eigenvalue weighted by atomic mass is 10.0. The number of hydrogen-bond donors (Lipinski definition) is 4. The number of fused-ring (bicyclic) bond motifs is 1. The molecular weight excluding hydrogens is 444 g/mol. The molecule has 9 heteroatoms. The first-order valence-electron chi connectivity index (χ1n) is 11.1. The molecule has 0 saturated heterocycles. The lowest BCUT2D eigenvalue weighted by molar-refractivity contribution is -0.120. The summed E-state index contributed by atoms with van der Waals surface area (Å²) in [5.74, 6) is -0.637. The third-order valence-electron chi connectivity index (χ3n) is 5.52. The minimum Gasteiger partial charge on any atom is -0.351 e. The smallest absolute Gasteiger partial charge is 0.321 e. The molecule has 0 fully saturated rings. The summed E-state index contributed by atoms with van der Waals surface area (Å²) in [5.41, 5.74) is 9.55. The number of rotatable bonds is 6. The van der Waals surface area contributed by atoms with Gasteiger partial charge in [-0.3, -0.25) is 9.59 Å². The van der Waals surface area contributed by atoms with Gasteiger partial charge in [0.15, 0.2) is 0 Å². The molecular formula is C26H26N6O3. The first-order valence-corrected chi connectivity index (χ1v) is 11.1. The number of likely N-dealkylation sites (N-methyl/N-ethyl adjacent to an activating group) is 1. The van der Waals surface area contributed by atoms with Crippen LogP contribution in [0.5, 0.6) is 0 Å². The lowest BCUT2D eigenvalue weighted by Crippen LogP contribution is -2.47. The zero-order valence-electron chi connectivity index (χ0n) is 19.2. The number of nitrogens with one attached hydrogen (secondary N) is 3. The number of benzene rings is 3. The number of hydrogen-bond acceptors (Lipinski definition) is 5. The number of anilines is 2. The Labute approximate surface area is 203 Å². The molecule has 0 bridgehead atoms. The van der Waals surface area contributed by atoms with Gasteiger partial charge < -0.3 is 26.6 Å². The van der Waals surface area contributed by atoms with Gasteiger partial charge in [-0.15, -0.1) is 0 Å². The van der Waals surface area contributed by atoms with Crippen molar-refractivity contribution >= 4 is 34.9 Å². The molecule has 0 saturated carbocycles. The predicted molar refractivity (Wildman–Crippen MR) is 135 cm³/mol. The topological polar surface area (TPSA) is 129 Å². The molecule has 0 spiro atoms. The highest BCUT2D eigenvalue weighted by Gasteiger charge is 2.30. The highest BCUT2D eigenvalue weighted by Crippen LogP contribution is 2.27. The second-order valence-electron chi connectivity index (χ2n) is 7.94. The quantitative estimate of drug-likeness (QED) is 0.440. The Hall–Kier alpha value is -4.50. The van der Waals surface area contributed by atoms with Crippen molar-refractivity contribution in [3.63, 3.8) is 0 Å². The van der Waals surface area contributed by atoms with E-state index in [1.807, 2.05) is 60.7 Å². The van der Waals surface area contributed by atoms with Gasteiger partial charge in [0.2, 0.25) is 12.1 Å². The first kappa shape index (κ1) is 23.7. The van der Waals surface area contributed by atoms with E-state index in [2.05, 4.69) is 20.9 Å². The van der Waals surface area contributed by atoms with Crippen molar-refractivity contribution in [3.05, 3.63) is 95.6 Å². The minimum atomic E-state index is -1.13. The van der Waals surface area contributed by atoms with Gasteiger partial charge in [-0.1, -0.05) is 60.7 Å². The van der Waals surface area contributed by atoms with Crippen LogP contribution in [-0.2, 0) is 16.1 Å². The zero-order chi connectivity index (χ0) is 24.8. The van der Waals surface area contributed by atoms with Gasteiger partial charge >= 0.3 is 6.03 Å². The summed E-state index contributed by atoms with van der Waals surface area (Å²) < 4.78 is 0. The predicted octanol–water partition coefficient (Wildman–Crippen LogP) is 2.22. The summed E-state index contributed by atoms with van der Waals surface area (Å²) in [5, 5.41) is 8.10. The van der Waals surface area contributed by atoms with E-state index >= 15 is 0 Å². The molecule has 9 nitrogen and oxygen atoms in total. The van der Waals surface area contributed by atoms with Gasteiger partial charge in [0.05, 0.1) is 17.9 Å². The molecule has 3 aromatic carbocycles. The Bertz CT molecular complexity index is 1270. The number of carbonyl (C=O) groups is 3. The van der Waals surface area contributed by atoms with E-state index in [0.29, 0.717) is 17.1 Å². The number of urea groups is 1. The number of carbonyl (C=O) groups excluding carboxylic acids is 3. The number of aliphatic imine (C=N–C) groups is 1. The van der Waals surface area contributed by atoms with Crippen LogP contribution in [-0.4, -0.2) is 43.3 Å². The van der Waals surface area contributed by atoms with Crippen molar-refractivity contribution in [3.8, 4) is 0 Å². The van der Waals surface area contributed by atoms with Crippen molar-refractivity contribution in [2.24, 2.45) is 10.7 Å². The van der Waals surface area contributed by atoms with E-state index in [1.54, 1.807) is 25.2 Å². The lowest BCUT2D eigenvalue weighted by Gasteiger charge is -2.21. The SMILES string of the molecule is CN1C(=O)[C@H](NC(=O)Nc2cccc(CNC(=O)CN)c2)N=C(c2ccccc2)c2ccccc21. The maximum absolute atomic E-state index is 13.2. The van der Waals surface area contributed by atoms with Crippen LogP contribution in [0.25, 0.3) is 0 Å². The third kappa shape index (κ3) is 5.53. The maximum atomic E-state index is 13.2. The Morgan fingerprint density at radius 2 is 1.74 bits per heavy atom. The molecule has 0 unspecified atom stereocenters. The molecule has 0 aliphatic carbocycles. The van der Waals surface area contributed by atoms with E-state index in [1.165, 1.54) is 4.90 Å². The van der Waals surface area contributed by atoms with E-state index in [4.69, 9.17) is 5.73 Å². The molecule has 5 N–H and O–H groups in total. The molecule has 1 aliphatic heterocycles. The van der Waals surface area contributed by atoms with Crippen LogP contribution in [0.15, 0.2) is 83.9 Å². The number of amides is 4. The average molecular weight is 471 g/mol. The van der Waals surface area contributed by atoms with Gasteiger partial charge in [0, 0.05) is 30.4 Å². The molecule has 0 aromatic heterocycles. The van der Waals surface area contributed by atoms with Gasteiger partial charge in [-0.25, -0.2) is 9.79 Å². The van der Waals surface area contributed by atoms with Crippen LogP contribution in [0, 0.1) is 0 Å². The Balaban J connectivity index is 1.56. The minimum absolute atomic E-state index is 0.0977. The molecule has 4 rings (SSSR count). The summed E-state index contributed by atoms with van der Waals surface area (Å²) in [4.78, 5) is 43.6. The van der Waals surface area contributed by atoms with Crippen LogP contribution in [0.1, 0.15) is 16.7 Å². The maximum Gasteiger partial charge on any atom is 0.321 e. The fraction of sp³-hybridized carbons (Fsp3) is 0.154. The monoisotopic (exact) mass is 470 g/mol. The normalized spacial score (nSPS) is 14.9. The molecule has 178 valence electrons. The largest absolute Gasteiger partial charge is 0.351 e.